The van der Waals surface area contributed by atoms with E-state index in [1.807, 2.05) is 32.3 Å². The van der Waals surface area contributed by atoms with Crippen molar-refractivity contribution < 1.29 is 9.53 Å². The molecule has 122 valence electrons. The van der Waals surface area contributed by atoms with Crippen molar-refractivity contribution in [3.8, 4) is 5.75 Å². The Hall–Kier alpha value is -2.53. The molecular formula is C18H23N3O2. The topological polar surface area (TPSA) is 81.6 Å². The number of carbonyl (C=O) groups excluding carboxylic acids is 1. The quantitative estimate of drug-likeness (QED) is 0.466. The molecule has 4 N–H and O–H groups in total. The maximum atomic E-state index is 12.7. The molecule has 5 nitrogen and oxygen atoms in total. The van der Waals surface area contributed by atoms with E-state index >= 15 is 0 Å². The molecule has 2 aromatic rings. The summed E-state index contributed by atoms with van der Waals surface area (Å²) in [7, 11) is 4.03. The van der Waals surface area contributed by atoms with Crippen LogP contribution in [0.1, 0.15) is 22.3 Å². The molecule has 0 fully saturated rings. The molecule has 2 aromatic carbocycles. The Morgan fingerprint density at radius 3 is 2.52 bits per heavy atom. The highest BCUT2D eigenvalue weighted by Crippen LogP contribution is 2.24. The van der Waals surface area contributed by atoms with Gasteiger partial charge in [-0.1, -0.05) is 12.1 Å². The summed E-state index contributed by atoms with van der Waals surface area (Å²) in [6.45, 7) is 1.50. The highest BCUT2D eigenvalue weighted by atomic mass is 16.5. The van der Waals surface area contributed by atoms with Gasteiger partial charge in [-0.2, -0.15) is 0 Å². The standard InChI is InChI=1S/C18H23N3O2/c1-21(2)10-5-11-23-17-7-4-3-6-14(17)18(22)13-8-9-15(19)16(20)12-13/h3-4,6-9,12H,5,10-11,19-20H2,1-2H3. The summed E-state index contributed by atoms with van der Waals surface area (Å²) in [5.41, 5.74) is 13.4. The maximum Gasteiger partial charge on any atom is 0.196 e. The van der Waals surface area contributed by atoms with E-state index in [2.05, 4.69) is 4.90 Å². The van der Waals surface area contributed by atoms with E-state index in [0.29, 0.717) is 34.9 Å². The molecule has 0 aliphatic heterocycles. The Kier molecular flexibility index (Phi) is 5.60. The number of benzene rings is 2. The van der Waals surface area contributed by atoms with E-state index in [1.54, 1.807) is 24.3 Å². The summed E-state index contributed by atoms with van der Waals surface area (Å²) in [4.78, 5) is 14.8. The summed E-state index contributed by atoms with van der Waals surface area (Å²) in [6, 6.07) is 12.2. The molecular weight excluding hydrogens is 290 g/mol. The number of anilines is 2. The average Bonchev–Trinajstić information content (AvgIpc) is 2.54. The Labute approximate surface area is 136 Å². The number of ether oxygens (including phenoxy) is 1. The molecule has 0 radical (unpaired) electrons. The zero-order valence-corrected chi connectivity index (χ0v) is 13.6. The van der Waals surface area contributed by atoms with Crippen molar-refractivity contribution in [1.82, 2.24) is 4.90 Å². The molecule has 2 rings (SSSR count). The fourth-order valence-corrected chi connectivity index (χ4v) is 2.21. The molecule has 0 saturated carbocycles. The van der Waals surface area contributed by atoms with Crippen LogP contribution < -0.4 is 16.2 Å². The summed E-state index contributed by atoms with van der Waals surface area (Å²) >= 11 is 0. The fraction of sp³-hybridized carbons (Fsp3) is 0.278. The van der Waals surface area contributed by atoms with Crippen LogP contribution in [-0.4, -0.2) is 37.9 Å². The van der Waals surface area contributed by atoms with Crippen molar-refractivity contribution in [3.63, 3.8) is 0 Å². The molecule has 0 heterocycles. The summed E-state index contributed by atoms with van der Waals surface area (Å²) in [6.07, 6.45) is 0.893. The Bertz CT molecular complexity index is 684. The lowest BCUT2D eigenvalue weighted by atomic mass is 10.0. The second kappa shape index (κ2) is 7.65. The lowest BCUT2D eigenvalue weighted by Crippen LogP contribution is -2.16. The van der Waals surface area contributed by atoms with E-state index in [9.17, 15) is 4.79 Å². The Morgan fingerprint density at radius 1 is 1.09 bits per heavy atom. The van der Waals surface area contributed by atoms with Gasteiger partial charge < -0.3 is 21.1 Å². The van der Waals surface area contributed by atoms with E-state index in [-0.39, 0.29) is 5.78 Å². The van der Waals surface area contributed by atoms with Crippen LogP contribution in [-0.2, 0) is 0 Å². The van der Waals surface area contributed by atoms with Crippen LogP contribution in [0, 0.1) is 0 Å². The minimum Gasteiger partial charge on any atom is -0.493 e. The van der Waals surface area contributed by atoms with Gasteiger partial charge in [0.15, 0.2) is 5.78 Å². The SMILES string of the molecule is CN(C)CCCOc1ccccc1C(=O)c1ccc(N)c(N)c1. The third-order valence-electron chi connectivity index (χ3n) is 3.49. The molecule has 0 aliphatic carbocycles. The molecule has 23 heavy (non-hydrogen) atoms. The first-order valence-corrected chi connectivity index (χ1v) is 7.55. The zero-order valence-electron chi connectivity index (χ0n) is 13.6. The minimum atomic E-state index is -0.125. The number of nitrogens with two attached hydrogens (primary N) is 2. The number of para-hydroxylation sites is 1. The van der Waals surface area contributed by atoms with Gasteiger partial charge in [-0.3, -0.25) is 4.79 Å². The number of nitrogen functional groups attached to an aromatic ring is 2. The highest BCUT2D eigenvalue weighted by molar-refractivity contribution is 6.11. The van der Waals surface area contributed by atoms with Crippen LogP contribution in [0.2, 0.25) is 0 Å². The first kappa shape index (κ1) is 16.8. The van der Waals surface area contributed by atoms with Crippen molar-refractivity contribution in [2.75, 3.05) is 38.7 Å². The molecule has 0 unspecified atom stereocenters. The second-order valence-corrected chi connectivity index (χ2v) is 5.67. The van der Waals surface area contributed by atoms with Crippen molar-refractivity contribution in [2.24, 2.45) is 0 Å². The maximum absolute atomic E-state index is 12.7. The third-order valence-corrected chi connectivity index (χ3v) is 3.49. The number of ketones is 1. The lowest BCUT2D eigenvalue weighted by molar-refractivity contribution is 0.103. The summed E-state index contributed by atoms with van der Waals surface area (Å²) in [5, 5.41) is 0. The molecule has 5 heteroatoms. The number of carbonyl (C=O) groups is 1. The summed E-state index contributed by atoms with van der Waals surface area (Å²) in [5.74, 6) is 0.464. The minimum absolute atomic E-state index is 0.125. The first-order chi connectivity index (χ1) is 11.0. The first-order valence-electron chi connectivity index (χ1n) is 7.55. The normalized spacial score (nSPS) is 10.7. The van der Waals surface area contributed by atoms with Gasteiger partial charge in [-0.15, -0.1) is 0 Å². The van der Waals surface area contributed by atoms with Crippen molar-refractivity contribution in [2.45, 2.75) is 6.42 Å². The van der Waals surface area contributed by atoms with Gasteiger partial charge in [-0.05, 0) is 50.8 Å². The van der Waals surface area contributed by atoms with Gasteiger partial charge in [0.05, 0.1) is 23.5 Å². The lowest BCUT2D eigenvalue weighted by Gasteiger charge is -2.13. The second-order valence-electron chi connectivity index (χ2n) is 5.67. The fourth-order valence-electron chi connectivity index (χ4n) is 2.21. The van der Waals surface area contributed by atoms with E-state index < -0.39 is 0 Å². The van der Waals surface area contributed by atoms with E-state index in [1.165, 1.54) is 0 Å². The molecule has 0 atom stereocenters. The number of hydrogen-bond donors (Lipinski definition) is 2. The third kappa shape index (κ3) is 4.47. The molecule has 0 amide bonds. The number of nitrogens with zero attached hydrogens (tertiary/aromatic N) is 1. The van der Waals surface area contributed by atoms with Crippen LogP contribution in [0.25, 0.3) is 0 Å². The Morgan fingerprint density at radius 2 is 1.83 bits per heavy atom. The molecule has 0 saturated heterocycles. The van der Waals surface area contributed by atoms with Crippen molar-refractivity contribution in [3.05, 3.63) is 53.6 Å². The van der Waals surface area contributed by atoms with Gasteiger partial charge in [0, 0.05) is 12.1 Å². The average molecular weight is 313 g/mol. The van der Waals surface area contributed by atoms with Gasteiger partial charge >= 0.3 is 0 Å². The largest absolute Gasteiger partial charge is 0.493 e. The van der Waals surface area contributed by atoms with Gasteiger partial charge in [0.25, 0.3) is 0 Å². The smallest absolute Gasteiger partial charge is 0.196 e. The number of rotatable bonds is 7. The monoisotopic (exact) mass is 313 g/mol. The van der Waals surface area contributed by atoms with Crippen LogP contribution in [0.5, 0.6) is 5.75 Å². The van der Waals surface area contributed by atoms with Gasteiger partial charge in [0.1, 0.15) is 5.75 Å². The van der Waals surface area contributed by atoms with Crippen LogP contribution in [0.4, 0.5) is 11.4 Å². The van der Waals surface area contributed by atoms with E-state index in [4.69, 9.17) is 16.2 Å². The van der Waals surface area contributed by atoms with Crippen LogP contribution >= 0.6 is 0 Å². The summed E-state index contributed by atoms with van der Waals surface area (Å²) < 4.78 is 5.78. The van der Waals surface area contributed by atoms with Crippen LogP contribution in [0.15, 0.2) is 42.5 Å². The highest BCUT2D eigenvalue weighted by Gasteiger charge is 2.15. The van der Waals surface area contributed by atoms with Crippen LogP contribution in [0.3, 0.4) is 0 Å². The molecule has 0 spiro atoms. The molecule has 0 aliphatic rings. The van der Waals surface area contributed by atoms with Crippen molar-refractivity contribution >= 4 is 17.2 Å². The Balaban J connectivity index is 2.15. The zero-order chi connectivity index (χ0) is 16.8. The van der Waals surface area contributed by atoms with Gasteiger partial charge in [0.2, 0.25) is 0 Å². The van der Waals surface area contributed by atoms with Crippen molar-refractivity contribution in [1.29, 1.82) is 0 Å². The predicted molar refractivity (Wildman–Crippen MR) is 93.8 cm³/mol. The predicted octanol–water partition coefficient (Wildman–Crippen LogP) is 2.41. The molecule has 0 aromatic heterocycles. The molecule has 0 bridgehead atoms. The number of hydrogen-bond acceptors (Lipinski definition) is 5. The van der Waals surface area contributed by atoms with E-state index in [0.717, 1.165) is 13.0 Å². The van der Waals surface area contributed by atoms with Gasteiger partial charge in [-0.25, -0.2) is 0 Å².